The summed E-state index contributed by atoms with van der Waals surface area (Å²) in [5.41, 5.74) is 0.441. The summed E-state index contributed by atoms with van der Waals surface area (Å²) in [5.74, 6) is -0.404. The molecule has 0 radical (unpaired) electrons. The van der Waals surface area contributed by atoms with Gasteiger partial charge in [0.15, 0.2) is 6.23 Å². The first kappa shape index (κ1) is 33.1. The van der Waals surface area contributed by atoms with Crippen LogP contribution in [0.1, 0.15) is 70.4 Å². The standard InChI is InChI=1S/C33H43Cl2N5O3/c1-22(41)40-17-13-27(14-18-40)37-15-6-16-38-31(42)43-30-29(23-7-5-8-26(35)19-23)33(21-36,24-9-11-25(34)12-10-24)28(39-30)20-32(2,3)4/h5,7-12,19,27-30,37,39H,6,13-18,20H2,1-4H3,(H,38,42)/t28-,29-,30+,33-/m0/s1. The van der Waals surface area contributed by atoms with Crippen LogP contribution in [0.25, 0.3) is 0 Å². The van der Waals surface area contributed by atoms with Crippen LogP contribution in [-0.2, 0) is 14.9 Å². The fourth-order valence-corrected chi connectivity index (χ4v) is 6.74. The van der Waals surface area contributed by atoms with E-state index in [1.165, 1.54) is 0 Å². The van der Waals surface area contributed by atoms with Crippen molar-refractivity contribution in [3.05, 3.63) is 69.7 Å². The van der Waals surface area contributed by atoms with Gasteiger partial charge in [-0.2, -0.15) is 5.26 Å². The molecule has 0 unspecified atom stereocenters. The Morgan fingerprint density at radius 2 is 1.79 bits per heavy atom. The third kappa shape index (κ3) is 8.21. The minimum absolute atomic E-state index is 0.113. The number of ether oxygens (including phenoxy) is 1. The number of nitrogens with zero attached hydrogens (tertiary/aromatic N) is 2. The number of hydrogen-bond acceptors (Lipinski definition) is 6. The quantitative estimate of drug-likeness (QED) is 0.295. The molecule has 2 saturated heterocycles. The van der Waals surface area contributed by atoms with E-state index in [1.54, 1.807) is 25.1 Å². The number of halogens is 2. The molecule has 3 N–H and O–H groups in total. The molecule has 43 heavy (non-hydrogen) atoms. The third-order valence-electron chi connectivity index (χ3n) is 8.47. The summed E-state index contributed by atoms with van der Waals surface area (Å²) in [6.07, 6.45) is 1.94. The first-order valence-electron chi connectivity index (χ1n) is 15.0. The number of carbonyl (C=O) groups is 2. The number of alkyl carbamates (subject to hydrolysis) is 1. The van der Waals surface area contributed by atoms with Gasteiger partial charge in [0.2, 0.25) is 5.91 Å². The first-order chi connectivity index (χ1) is 20.4. The molecular formula is C33H43Cl2N5O3. The van der Waals surface area contributed by atoms with Crippen molar-refractivity contribution in [1.82, 2.24) is 20.9 Å². The third-order valence-corrected chi connectivity index (χ3v) is 8.96. The molecule has 4 rings (SSSR count). The van der Waals surface area contributed by atoms with Gasteiger partial charge in [-0.25, -0.2) is 4.79 Å². The molecule has 4 atom stereocenters. The van der Waals surface area contributed by atoms with Crippen molar-refractivity contribution in [2.45, 2.75) is 83.0 Å². The molecule has 2 aliphatic heterocycles. The topological polar surface area (TPSA) is 106 Å². The largest absolute Gasteiger partial charge is 0.430 e. The molecule has 2 amide bonds. The predicted molar refractivity (Wildman–Crippen MR) is 170 cm³/mol. The number of benzene rings is 2. The van der Waals surface area contributed by atoms with E-state index >= 15 is 0 Å². The molecule has 2 heterocycles. The van der Waals surface area contributed by atoms with Crippen LogP contribution in [0.15, 0.2) is 48.5 Å². The van der Waals surface area contributed by atoms with Crippen LogP contribution < -0.4 is 16.0 Å². The number of hydrogen-bond donors (Lipinski definition) is 3. The second-order valence-electron chi connectivity index (χ2n) is 12.8. The molecule has 10 heteroatoms. The molecule has 2 aromatic rings. The molecule has 0 bridgehead atoms. The Morgan fingerprint density at radius 3 is 2.40 bits per heavy atom. The summed E-state index contributed by atoms with van der Waals surface area (Å²) in [4.78, 5) is 26.5. The highest BCUT2D eigenvalue weighted by Gasteiger charge is 2.59. The highest BCUT2D eigenvalue weighted by atomic mass is 35.5. The maximum Gasteiger partial charge on any atom is 0.408 e. The summed E-state index contributed by atoms with van der Waals surface area (Å²) >= 11 is 12.7. The highest BCUT2D eigenvalue weighted by Crippen LogP contribution is 2.51. The average Bonchev–Trinajstić information content (AvgIpc) is 3.25. The monoisotopic (exact) mass is 627 g/mol. The number of likely N-dealkylation sites (tertiary alicyclic amines) is 1. The zero-order valence-corrected chi connectivity index (χ0v) is 27.0. The van der Waals surface area contributed by atoms with Gasteiger partial charge in [-0.15, -0.1) is 0 Å². The Labute approximate surface area is 265 Å². The number of nitriles is 1. The minimum atomic E-state index is -1.06. The maximum absolute atomic E-state index is 13.1. The second-order valence-corrected chi connectivity index (χ2v) is 13.7. The molecule has 2 aromatic carbocycles. The summed E-state index contributed by atoms with van der Waals surface area (Å²) in [5, 5.41) is 22.0. The Morgan fingerprint density at radius 1 is 1.09 bits per heavy atom. The van der Waals surface area contributed by atoms with Gasteiger partial charge in [0.25, 0.3) is 0 Å². The average molecular weight is 629 g/mol. The van der Waals surface area contributed by atoms with E-state index in [-0.39, 0.29) is 17.4 Å². The van der Waals surface area contributed by atoms with E-state index < -0.39 is 23.7 Å². The minimum Gasteiger partial charge on any atom is -0.430 e. The molecule has 0 aromatic heterocycles. The van der Waals surface area contributed by atoms with Gasteiger partial charge in [0, 0.05) is 48.7 Å². The predicted octanol–water partition coefficient (Wildman–Crippen LogP) is 5.99. The zero-order chi connectivity index (χ0) is 31.2. The van der Waals surface area contributed by atoms with Crippen LogP contribution in [0.2, 0.25) is 10.0 Å². The van der Waals surface area contributed by atoms with Crippen molar-refractivity contribution >= 4 is 35.2 Å². The highest BCUT2D eigenvalue weighted by molar-refractivity contribution is 6.30. The fourth-order valence-electron chi connectivity index (χ4n) is 6.41. The van der Waals surface area contributed by atoms with Crippen molar-refractivity contribution in [3.8, 4) is 6.07 Å². The smallest absolute Gasteiger partial charge is 0.408 e. The molecule has 0 saturated carbocycles. The van der Waals surface area contributed by atoms with Crippen LogP contribution >= 0.6 is 23.2 Å². The van der Waals surface area contributed by atoms with Gasteiger partial charge in [-0.1, -0.05) is 68.2 Å². The van der Waals surface area contributed by atoms with Crippen molar-refractivity contribution in [1.29, 1.82) is 5.26 Å². The lowest BCUT2D eigenvalue weighted by molar-refractivity contribution is -0.129. The van der Waals surface area contributed by atoms with E-state index in [4.69, 9.17) is 27.9 Å². The van der Waals surface area contributed by atoms with E-state index in [9.17, 15) is 14.9 Å². The second kappa shape index (κ2) is 14.3. The zero-order valence-electron chi connectivity index (χ0n) is 25.5. The lowest BCUT2D eigenvalue weighted by Crippen LogP contribution is -2.44. The normalized spacial score (nSPS) is 24.4. The van der Waals surface area contributed by atoms with Gasteiger partial charge in [-0.05, 0) is 73.0 Å². The number of carbonyl (C=O) groups excluding carboxylic acids is 2. The van der Waals surface area contributed by atoms with Crippen LogP contribution in [0.3, 0.4) is 0 Å². The maximum atomic E-state index is 13.1. The molecule has 232 valence electrons. The first-order valence-corrected chi connectivity index (χ1v) is 15.8. The van der Waals surface area contributed by atoms with E-state index in [1.807, 2.05) is 35.2 Å². The van der Waals surface area contributed by atoms with Gasteiger partial charge >= 0.3 is 6.09 Å². The Kier molecular flexibility index (Phi) is 11.0. The fraction of sp³-hybridized carbons (Fsp3) is 0.545. The van der Waals surface area contributed by atoms with Crippen LogP contribution in [0, 0.1) is 16.7 Å². The molecular weight excluding hydrogens is 585 g/mol. The molecule has 0 aliphatic carbocycles. The van der Waals surface area contributed by atoms with Crippen LogP contribution in [-0.4, -0.2) is 61.4 Å². The van der Waals surface area contributed by atoms with Crippen molar-refractivity contribution in [2.75, 3.05) is 26.2 Å². The van der Waals surface area contributed by atoms with E-state index in [2.05, 4.69) is 42.8 Å². The molecule has 0 spiro atoms. The number of piperidine rings is 1. The summed E-state index contributed by atoms with van der Waals surface area (Å²) in [7, 11) is 0. The van der Waals surface area contributed by atoms with Crippen molar-refractivity contribution in [2.24, 2.45) is 5.41 Å². The summed E-state index contributed by atoms with van der Waals surface area (Å²) in [6, 6.07) is 17.5. The van der Waals surface area contributed by atoms with Crippen molar-refractivity contribution < 1.29 is 14.3 Å². The van der Waals surface area contributed by atoms with Crippen LogP contribution in [0.5, 0.6) is 0 Å². The summed E-state index contributed by atoms with van der Waals surface area (Å²) < 4.78 is 6.06. The van der Waals surface area contributed by atoms with Gasteiger partial charge in [0.05, 0.1) is 12.0 Å². The van der Waals surface area contributed by atoms with Gasteiger partial charge < -0.3 is 20.3 Å². The summed E-state index contributed by atoms with van der Waals surface area (Å²) in [6.45, 7) is 10.8. The Balaban J connectivity index is 1.48. The Bertz CT molecular complexity index is 1300. The number of nitrogens with one attached hydrogen (secondary N) is 3. The number of rotatable bonds is 9. The van der Waals surface area contributed by atoms with Crippen LogP contribution in [0.4, 0.5) is 4.79 Å². The van der Waals surface area contributed by atoms with Gasteiger partial charge in [0.1, 0.15) is 5.41 Å². The SMILES string of the molecule is CC(=O)N1CCC(NCCCNC(=O)O[C@H]2N[C@@H](CC(C)(C)C)[C@](C#N)(c3ccc(Cl)cc3)[C@H]2c2cccc(Cl)c2)CC1. The molecule has 2 aliphatic rings. The Hall–Kier alpha value is -2.83. The lowest BCUT2D eigenvalue weighted by Gasteiger charge is -2.37. The van der Waals surface area contributed by atoms with Gasteiger partial charge in [-0.3, -0.25) is 10.1 Å². The van der Waals surface area contributed by atoms with Crippen molar-refractivity contribution in [3.63, 3.8) is 0 Å². The van der Waals surface area contributed by atoms with E-state index in [0.29, 0.717) is 29.1 Å². The number of amides is 2. The molecule has 8 nitrogen and oxygen atoms in total. The lowest BCUT2D eigenvalue weighted by atomic mass is 9.64. The molecule has 2 fully saturated rings. The van der Waals surface area contributed by atoms with E-state index in [0.717, 1.165) is 50.0 Å².